The van der Waals surface area contributed by atoms with Gasteiger partial charge >= 0.3 is 0 Å². The number of nitrogens with zero attached hydrogens (tertiary/aromatic N) is 2. The van der Waals surface area contributed by atoms with Crippen molar-refractivity contribution in [2.75, 3.05) is 40.3 Å². The summed E-state index contributed by atoms with van der Waals surface area (Å²) < 4.78 is 5.93. The summed E-state index contributed by atoms with van der Waals surface area (Å²) in [6.07, 6.45) is 5.14. The first-order chi connectivity index (χ1) is 17.5. The maximum atomic E-state index is 11.7. The Morgan fingerprint density at radius 1 is 0.972 bits per heavy atom. The average molecular weight is 490 g/mol. The smallest absolute Gasteiger partial charge is 0.134 e. The molecule has 194 valence electrons. The summed E-state index contributed by atoms with van der Waals surface area (Å²) in [6.45, 7) is 4.05. The highest BCUT2D eigenvalue weighted by Crippen LogP contribution is 2.33. The predicted octanol–water partition coefficient (Wildman–Crippen LogP) is 5.43. The molecule has 5 nitrogen and oxygen atoms in total. The van der Waals surface area contributed by atoms with E-state index in [0.717, 1.165) is 54.6 Å². The second kappa shape index (κ2) is 13.2. The van der Waals surface area contributed by atoms with Gasteiger partial charge in [0.15, 0.2) is 0 Å². The van der Waals surface area contributed by atoms with Crippen molar-refractivity contribution < 1.29 is 9.84 Å². The van der Waals surface area contributed by atoms with Crippen molar-refractivity contribution in [3.63, 3.8) is 0 Å². The van der Waals surface area contributed by atoms with Gasteiger partial charge in [-0.3, -0.25) is 4.90 Å². The quantitative estimate of drug-likeness (QED) is 0.262. The number of aliphatic hydroxyl groups excluding tert-OH is 1. The van der Waals surface area contributed by atoms with E-state index >= 15 is 0 Å². The van der Waals surface area contributed by atoms with Crippen molar-refractivity contribution in [2.24, 2.45) is 17.6 Å². The molecule has 3 aromatic rings. The topological polar surface area (TPSA) is 62.0 Å². The molecule has 0 bridgehead atoms. The van der Waals surface area contributed by atoms with E-state index in [2.05, 4.69) is 78.5 Å². The summed E-state index contributed by atoms with van der Waals surface area (Å²) in [5.41, 5.74) is 8.18. The molecule has 0 heterocycles. The van der Waals surface area contributed by atoms with E-state index in [9.17, 15) is 5.11 Å². The van der Waals surface area contributed by atoms with Gasteiger partial charge in [0, 0.05) is 25.2 Å². The fraction of sp³-hybridized carbons (Fsp3) is 0.484. The number of rotatable bonds is 12. The molecule has 0 spiro atoms. The van der Waals surface area contributed by atoms with Crippen LogP contribution in [0.3, 0.4) is 0 Å². The van der Waals surface area contributed by atoms with Crippen LogP contribution in [0.5, 0.6) is 5.75 Å². The SMILES string of the molecule is CN(C)CCCOc1ccc(CN(CC2CCCC(CN)C2)C(O)c2cccc3ccccc23)cc1. The normalized spacial score (nSPS) is 19.2. The standard InChI is InChI=1S/C31H43N3O2/c1-33(2)18-7-19-36-28-16-14-24(15-17-28)22-34(23-26-9-5-8-25(20-26)21-32)31(35)30-13-6-11-27-10-3-4-12-29(27)30/h3-4,6,10-17,25-26,31,35H,5,7-9,18-23,32H2,1-2H3. The van der Waals surface area contributed by atoms with Crippen LogP contribution in [0.25, 0.3) is 10.8 Å². The molecule has 0 aliphatic heterocycles. The van der Waals surface area contributed by atoms with Gasteiger partial charge in [-0.15, -0.1) is 0 Å². The minimum atomic E-state index is -0.670. The van der Waals surface area contributed by atoms with Crippen LogP contribution in [0.2, 0.25) is 0 Å². The number of aliphatic hydroxyl groups is 1. The zero-order valence-corrected chi connectivity index (χ0v) is 22.0. The van der Waals surface area contributed by atoms with E-state index in [1.165, 1.54) is 24.8 Å². The maximum absolute atomic E-state index is 11.7. The maximum Gasteiger partial charge on any atom is 0.134 e. The van der Waals surface area contributed by atoms with Gasteiger partial charge in [0.2, 0.25) is 0 Å². The lowest BCUT2D eigenvalue weighted by Crippen LogP contribution is -2.36. The second-order valence-electron chi connectivity index (χ2n) is 10.7. The van der Waals surface area contributed by atoms with E-state index in [1.54, 1.807) is 0 Å². The van der Waals surface area contributed by atoms with Crippen LogP contribution >= 0.6 is 0 Å². The largest absolute Gasteiger partial charge is 0.494 e. The number of hydrogen-bond donors (Lipinski definition) is 2. The molecule has 1 saturated carbocycles. The molecule has 3 aromatic carbocycles. The molecule has 3 unspecified atom stereocenters. The minimum Gasteiger partial charge on any atom is -0.494 e. The number of fused-ring (bicyclic) bond motifs is 1. The van der Waals surface area contributed by atoms with Crippen LogP contribution < -0.4 is 10.5 Å². The van der Waals surface area contributed by atoms with Crippen LogP contribution in [0, 0.1) is 11.8 Å². The van der Waals surface area contributed by atoms with Gasteiger partial charge < -0.3 is 20.5 Å². The fourth-order valence-electron chi connectivity index (χ4n) is 5.53. The highest BCUT2D eigenvalue weighted by atomic mass is 16.5. The van der Waals surface area contributed by atoms with E-state index in [1.807, 2.05) is 12.1 Å². The molecule has 5 heteroatoms. The van der Waals surface area contributed by atoms with Crippen LogP contribution in [0.15, 0.2) is 66.7 Å². The molecule has 3 N–H and O–H groups in total. The van der Waals surface area contributed by atoms with E-state index in [-0.39, 0.29) is 0 Å². The van der Waals surface area contributed by atoms with Gasteiger partial charge in [-0.05, 0) is 86.6 Å². The van der Waals surface area contributed by atoms with Crippen LogP contribution in [-0.4, -0.2) is 55.2 Å². The molecule has 0 radical (unpaired) electrons. The Labute approximate surface area is 216 Å². The summed E-state index contributed by atoms with van der Waals surface area (Å²) in [5.74, 6) is 2.05. The minimum absolute atomic E-state index is 0.552. The molecular formula is C31H43N3O2. The number of benzene rings is 3. The molecule has 4 rings (SSSR count). The summed E-state index contributed by atoms with van der Waals surface area (Å²) >= 11 is 0. The van der Waals surface area contributed by atoms with Gasteiger partial charge in [0.1, 0.15) is 12.0 Å². The Morgan fingerprint density at radius 3 is 2.50 bits per heavy atom. The van der Waals surface area contributed by atoms with Crippen LogP contribution in [0.1, 0.15) is 49.5 Å². The fourth-order valence-corrected chi connectivity index (χ4v) is 5.53. The Balaban J connectivity index is 1.50. The van der Waals surface area contributed by atoms with E-state index in [4.69, 9.17) is 10.5 Å². The molecule has 0 amide bonds. The molecular weight excluding hydrogens is 446 g/mol. The van der Waals surface area contributed by atoms with Crippen molar-refractivity contribution in [3.8, 4) is 5.75 Å². The van der Waals surface area contributed by atoms with Crippen LogP contribution in [0.4, 0.5) is 0 Å². The summed E-state index contributed by atoms with van der Waals surface area (Å²) in [4.78, 5) is 4.42. The Bertz CT molecular complexity index is 1060. The predicted molar refractivity (Wildman–Crippen MR) is 149 cm³/mol. The van der Waals surface area contributed by atoms with Gasteiger partial charge in [0.05, 0.1) is 6.61 Å². The van der Waals surface area contributed by atoms with Crippen molar-refractivity contribution in [2.45, 2.75) is 44.9 Å². The molecule has 1 fully saturated rings. The highest BCUT2D eigenvalue weighted by molar-refractivity contribution is 5.85. The molecule has 1 aliphatic carbocycles. The molecule has 3 atom stereocenters. The van der Waals surface area contributed by atoms with Gasteiger partial charge in [-0.25, -0.2) is 0 Å². The molecule has 1 aliphatic rings. The molecule has 36 heavy (non-hydrogen) atoms. The Kier molecular flexibility index (Phi) is 9.76. The van der Waals surface area contributed by atoms with Crippen molar-refractivity contribution in [1.29, 1.82) is 0 Å². The van der Waals surface area contributed by atoms with E-state index in [0.29, 0.717) is 25.0 Å². The van der Waals surface area contributed by atoms with E-state index < -0.39 is 6.23 Å². The lowest BCUT2D eigenvalue weighted by Gasteiger charge is -2.35. The summed E-state index contributed by atoms with van der Waals surface area (Å²) in [6, 6.07) is 22.9. The molecule has 0 saturated heterocycles. The third-order valence-electron chi connectivity index (χ3n) is 7.49. The third kappa shape index (κ3) is 7.30. The Morgan fingerprint density at radius 2 is 1.72 bits per heavy atom. The Hall–Kier alpha value is -2.44. The zero-order chi connectivity index (χ0) is 25.3. The highest BCUT2D eigenvalue weighted by Gasteiger charge is 2.27. The number of ether oxygens (including phenoxy) is 1. The number of hydrogen-bond acceptors (Lipinski definition) is 5. The van der Waals surface area contributed by atoms with Crippen molar-refractivity contribution >= 4 is 10.8 Å². The lowest BCUT2D eigenvalue weighted by molar-refractivity contribution is -0.0186. The summed E-state index contributed by atoms with van der Waals surface area (Å²) in [7, 11) is 4.16. The first kappa shape index (κ1) is 26.6. The van der Waals surface area contributed by atoms with Crippen molar-refractivity contribution in [3.05, 3.63) is 77.9 Å². The molecule has 0 aromatic heterocycles. The zero-order valence-electron chi connectivity index (χ0n) is 22.0. The average Bonchev–Trinajstić information content (AvgIpc) is 2.91. The van der Waals surface area contributed by atoms with Gasteiger partial charge in [-0.1, -0.05) is 61.0 Å². The first-order valence-electron chi connectivity index (χ1n) is 13.5. The summed E-state index contributed by atoms with van der Waals surface area (Å²) in [5, 5.41) is 14.0. The number of nitrogens with two attached hydrogens (primary N) is 1. The monoisotopic (exact) mass is 489 g/mol. The van der Waals surface area contributed by atoms with Gasteiger partial charge in [0.25, 0.3) is 0 Å². The van der Waals surface area contributed by atoms with Crippen LogP contribution in [-0.2, 0) is 6.54 Å². The van der Waals surface area contributed by atoms with Gasteiger partial charge in [-0.2, -0.15) is 0 Å². The first-order valence-corrected chi connectivity index (χ1v) is 13.5. The van der Waals surface area contributed by atoms with Crippen molar-refractivity contribution in [1.82, 2.24) is 9.80 Å². The lowest BCUT2D eigenvalue weighted by atomic mass is 9.81. The third-order valence-corrected chi connectivity index (χ3v) is 7.49. The second-order valence-corrected chi connectivity index (χ2v) is 10.7.